The third-order valence-corrected chi connectivity index (χ3v) is 2.51. The van der Waals surface area contributed by atoms with Gasteiger partial charge in [-0.3, -0.25) is 0 Å². The molecule has 0 saturated carbocycles. The molecule has 86 valence electrons. The van der Waals surface area contributed by atoms with Crippen molar-refractivity contribution in [2.75, 3.05) is 0 Å². The van der Waals surface area contributed by atoms with Gasteiger partial charge in [-0.1, -0.05) is 42.9 Å². The average Bonchev–Trinajstić information content (AvgIpc) is 2.16. The summed E-state index contributed by atoms with van der Waals surface area (Å²) in [4.78, 5) is 0. The Morgan fingerprint density at radius 3 is 2.56 bits per heavy atom. The molecule has 0 bridgehead atoms. The zero-order chi connectivity index (χ0) is 12.1. The summed E-state index contributed by atoms with van der Waals surface area (Å²) in [5, 5.41) is 9.82. The van der Waals surface area contributed by atoms with Crippen molar-refractivity contribution in [3.8, 4) is 5.75 Å². The average molecular weight is 216 g/mol. The summed E-state index contributed by atoms with van der Waals surface area (Å²) in [5.74, 6) is 0.616. The predicted molar refractivity (Wildman–Crippen MR) is 69.8 cm³/mol. The van der Waals surface area contributed by atoms with E-state index in [2.05, 4.69) is 32.9 Å². The number of phenolic OH excluding ortho intramolecular Hbond substituents is 1. The number of phenols is 1. The van der Waals surface area contributed by atoms with Gasteiger partial charge in [0.1, 0.15) is 5.75 Å². The fourth-order valence-electron chi connectivity index (χ4n) is 1.56. The molecule has 1 rings (SSSR count). The molecular weight excluding hydrogens is 196 g/mol. The van der Waals surface area contributed by atoms with Crippen LogP contribution in [0.1, 0.15) is 37.8 Å². The van der Waals surface area contributed by atoms with Crippen LogP contribution in [0.25, 0.3) is 0 Å². The van der Waals surface area contributed by atoms with E-state index >= 15 is 0 Å². The number of aromatic hydroxyl groups is 1. The highest BCUT2D eigenvalue weighted by Gasteiger charge is 2.06. The number of aryl methyl sites for hydroxylation is 1. The van der Waals surface area contributed by atoms with Crippen LogP contribution in [0.5, 0.6) is 5.75 Å². The summed E-state index contributed by atoms with van der Waals surface area (Å²) < 4.78 is 0. The zero-order valence-electron chi connectivity index (χ0n) is 10.5. The number of allylic oxidation sites excluding steroid dienone is 4. The molecule has 0 aliphatic carbocycles. The van der Waals surface area contributed by atoms with Crippen molar-refractivity contribution in [2.24, 2.45) is 0 Å². The molecule has 0 saturated heterocycles. The van der Waals surface area contributed by atoms with E-state index in [9.17, 15) is 5.11 Å². The standard InChI is InChI=1S/C15H20O/c1-11(2)6-5-7-13(4)14-9-8-12(3)10-15(14)16/h5-10,13,16H,1-4H3/t13-/m1/s1. The lowest BCUT2D eigenvalue weighted by Gasteiger charge is -2.09. The van der Waals surface area contributed by atoms with Gasteiger partial charge in [0.25, 0.3) is 0 Å². The summed E-state index contributed by atoms with van der Waals surface area (Å²) >= 11 is 0. The van der Waals surface area contributed by atoms with Crippen LogP contribution >= 0.6 is 0 Å². The Kier molecular flexibility index (Phi) is 4.36. The van der Waals surface area contributed by atoms with E-state index in [-0.39, 0.29) is 5.92 Å². The third-order valence-electron chi connectivity index (χ3n) is 2.51. The maximum atomic E-state index is 9.82. The first-order valence-electron chi connectivity index (χ1n) is 5.62. The van der Waals surface area contributed by atoms with E-state index < -0.39 is 0 Å². The Hall–Kier alpha value is -1.50. The fourth-order valence-corrected chi connectivity index (χ4v) is 1.56. The van der Waals surface area contributed by atoms with Gasteiger partial charge in [-0.05, 0) is 32.4 Å². The van der Waals surface area contributed by atoms with Crippen molar-refractivity contribution in [2.45, 2.75) is 33.6 Å². The van der Waals surface area contributed by atoms with Crippen LogP contribution in [0, 0.1) is 6.92 Å². The predicted octanol–water partition coefficient (Wildman–Crippen LogP) is 4.33. The van der Waals surface area contributed by atoms with Crippen molar-refractivity contribution >= 4 is 0 Å². The quantitative estimate of drug-likeness (QED) is 0.746. The summed E-state index contributed by atoms with van der Waals surface area (Å²) in [6.45, 7) is 8.20. The second-order valence-corrected chi connectivity index (χ2v) is 4.48. The summed E-state index contributed by atoms with van der Waals surface area (Å²) in [6.07, 6.45) is 6.21. The van der Waals surface area contributed by atoms with Gasteiger partial charge in [0.05, 0.1) is 0 Å². The van der Waals surface area contributed by atoms with Gasteiger partial charge in [0, 0.05) is 11.5 Å². The SMILES string of the molecule is CC(C)=CC=C[C@@H](C)c1ccc(C)cc1O. The second kappa shape index (κ2) is 5.55. The lowest BCUT2D eigenvalue weighted by atomic mass is 9.98. The van der Waals surface area contributed by atoms with Gasteiger partial charge in [-0.2, -0.15) is 0 Å². The van der Waals surface area contributed by atoms with Crippen molar-refractivity contribution in [1.82, 2.24) is 0 Å². The van der Waals surface area contributed by atoms with Gasteiger partial charge in [-0.15, -0.1) is 0 Å². The van der Waals surface area contributed by atoms with Crippen LogP contribution in [0.15, 0.2) is 42.0 Å². The van der Waals surface area contributed by atoms with Crippen LogP contribution in [-0.4, -0.2) is 5.11 Å². The van der Waals surface area contributed by atoms with Crippen molar-refractivity contribution < 1.29 is 5.11 Å². The van der Waals surface area contributed by atoms with Gasteiger partial charge in [-0.25, -0.2) is 0 Å². The summed E-state index contributed by atoms with van der Waals surface area (Å²) in [6, 6.07) is 5.82. The van der Waals surface area contributed by atoms with Gasteiger partial charge in [0.15, 0.2) is 0 Å². The highest BCUT2D eigenvalue weighted by molar-refractivity contribution is 5.40. The molecule has 0 radical (unpaired) electrons. The van der Waals surface area contributed by atoms with Crippen molar-refractivity contribution in [1.29, 1.82) is 0 Å². The zero-order valence-corrected chi connectivity index (χ0v) is 10.5. The van der Waals surface area contributed by atoms with Crippen molar-refractivity contribution in [3.05, 3.63) is 53.1 Å². The van der Waals surface area contributed by atoms with Crippen LogP contribution in [-0.2, 0) is 0 Å². The van der Waals surface area contributed by atoms with E-state index in [1.54, 1.807) is 6.07 Å². The molecule has 16 heavy (non-hydrogen) atoms. The first-order chi connectivity index (χ1) is 7.50. The Morgan fingerprint density at radius 2 is 2.00 bits per heavy atom. The normalized spacial score (nSPS) is 12.8. The van der Waals surface area contributed by atoms with Crippen LogP contribution in [0.4, 0.5) is 0 Å². The molecule has 0 fully saturated rings. The highest BCUT2D eigenvalue weighted by Crippen LogP contribution is 2.27. The summed E-state index contributed by atoms with van der Waals surface area (Å²) in [7, 11) is 0. The minimum Gasteiger partial charge on any atom is -0.508 e. The Bertz CT molecular complexity index is 409. The monoisotopic (exact) mass is 216 g/mol. The van der Waals surface area contributed by atoms with Gasteiger partial charge < -0.3 is 5.11 Å². The number of benzene rings is 1. The van der Waals surface area contributed by atoms with E-state index in [0.29, 0.717) is 5.75 Å². The van der Waals surface area contributed by atoms with Crippen LogP contribution in [0.2, 0.25) is 0 Å². The first kappa shape index (κ1) is 12.6. The highest BCUT2D eigenvalue weighted by atomic mass is 16.3. The lowest BCUT2D eigenvalue weighted by molar-refractivity contribution is 0.466. The molecule has 1 heteroatoms. The van der Waals surface area contributed by atoms with E-state index in [4.69, 9.17) is 0 Å². The molecule has 0 heterocycles. The van der Waals surface area contributed by atoms with Gasteiger partial charge >= 0.3 is 0 Å². The molecule has 1 aromatic carbocycles. The molecule has 1 N–H and O–H groups in total. The molecule has 1 atom stereocenters. The van der Waals surface area contributed by atoms with E-state index in [1.165, 1.54) is 5.57 Å². The minimum atomic E-state index is 0.233. The Labute approximate surface area is 98.1 Å². The van der Waals surface area contributed by atoms with Crippen molar-refractivity contribution in [3.63, 3.8) is 0 Å². The molecular formula is C15H20O. The molecule has 0 spiro atoms. The summed E-state index contributed by atoms with van der Waals surface area (Å²) in [5.41, 5.74) is 3.34. The number of rotatable bonds is 3. The maximum Gasteiger partial charge on any atom is 0.119 e. The molecule has 0 aromatic heterocycles. The van der Waals surface area contributed by atoms with E-state index in [0.717, 1.165) is 11.1 Å². The van der Waals surface area contributed by atoms with Crippen LogP contribution < -0.4 is 0 Å². The molecule has 0 aliphatic heterocycles. The number of hydrogen-bond donors (Lipinski definition) is 1. The smallest absolute Gasteiger partial charge is 0.119 e. The number of hydrogen-bond acceptors (Lipinski definition) is 1. The van der Waals surface area contributed by atoms with E-state index in [1.807, 2.05) is 25.1 Å². The lowest BCUT2D eigenvalue weighted by Crippen LogP contribution is -1.90. The maximum absolute atomic E-state index is 9.82. The molecule has 1 aromatic rings. The minimum absolute atomic E-state index is 0.233. The fraction of sp³-hybridized carbons (Fsp3) is 0.333. The Balaban J connectivity index is 2.84. The second-order valence-electron chi connectivity index (χ2n) is 4.48. The topological polar surface area (TPSA) is 20.2 Å². The molecule has 1 nitrogen and oxygen atoms in total. The Morgan fingerprint density at radius 1 is 1.31 bits per heavy atom. The molecule has 0 amide bonds. The third kappa shape index (κ3) is 3.58. The largest absolute Gasteiger partial charge is 0.508 e. The molecule has 0 aliphatic rings. The van der Waals surface area contributed by atoms with Crippen LogP contribution in [0.3, 0.4) is 0 Å². The first-order valence-corrected chi connectivity index (χ1v) is 5.62. The molecule has 0 unspecified atom stereocenters. The van der Waals surface area contributed by atoms with Gasteiger partial charge in [0.2, 0.25) is 0 Å².